The van der Waals surface area contributed by atoms with Crippen LogP contribution in [0.25, 0.3) is 11.2 Å². The maximum Gasteiger partial charge on any atom is 0.410 e. The van der Waals surface area contributed by atoms with Crippen molar-refractivity contribution in [1.82, 2.24) is 24.4 Å². The molecule has 1 amide bonds. The van der Waals surface area contributed by atoms with Gasteiger partial charge in [-0.25, -0.2) is 9.78 Å². The Morgan fingerprint density at radius 1 is 1.44 bits per heavy atom. The molecule has 0 unspecified atom stereocenters. The van der Waals surface area contributed by atoms with Crippen LogP contribution in [0.15, 0.2) is 6.33 Å². The number of imidazole rings is 1. The van der Waals surface area contributed by atoms with E-state index in [9.17, 15) is 4.79 Å². The van der Waals surface area contributed by atoms with Crippen LogP contribution >= 0.6 is 11.6 Å². The summed E-state index contributed by atoms with van der Waals surface area (Å²) in [5.41, 5.74) is 0.885. The Hall–Kier alpha value is -2.09. The second-order valence-electron chi connectivity index (χ2n) is 7.10. The van der Waals surface area contributed by atoms with Crippen molar-refractivity contribution in [3.05, 3.63) is 11.6 Å². The Morgan fingerprint density at radius 3 is 2.88 bits per heavy atom. The van der Waals surface area contributed by atoms with E-state index in [-0.39, 0.29) is 17.4 Å². The molecule has 1 atom stereocenters. The lowest BCUT2D eigenvalue weighted by Gasteiger charge is -2.24. The molecular weight excluding hydrogens is 344 g/mol. The van der Waals surface area contributed by atoms with E-state index in [1.807, 2.05) is 32.3 Å². The number of hydrogen-bond acceptors (Lipinski definition) is 6. The maximum absolute atomic E-state index is 12.2. The quantitative estimate of drug-likeness (QED) is 0.840. The van der Waals surface area contributed by atoms with E-state index in [4.69, 9.17) is 16.3 Å². The van der Waals surface area contributed by atoms with Gasteiger partial charge in [-0.15, -0.1) is 0 Å². The zero-order valence-electron chi connectivity index (χ0n) is 14.9. The van der Waals surface area contributed by atoms with Gasteiger partial charge in [0.1, 0.15) is 5.60 Å². The summed E-state index contributed by atoms with van der Waals surface area (Å²) in [5, 5.41) is 3.52. The number of likely N-dealkylation sites (tertiary alicyclic amines) is 1. The van der Waals surface area contributed by atoms with Crippen LogP contribution in [0.1, 0.15) is 34.1 Å². The van der Waals surface area contributed by atoms with Crippen LogP contribution in [0.5, 0.6) is 0 Å². The van der Waals surface area contributed by atoms with Crippen molar-refractivity contribution >= 4 is 34.7 Å². The van der Waals surface area contributed by atoms with E-state index in [0.717, 1.165) is 13.0 Å². The number of anilines is 1. The molecule has 3 rings (SSSR count). The van der Waals surface area contributed by atoms with E-state index in [0.29, 0.717) is 30.1 Å². The summed E-state index contributed by atoms with van der Waals surface area (Å²) in [7, 11) is 0. The van der Waals surface area contributed by atoms with Crippen molar-refractivity contribution in [2.75, 3.05) is 18.4 Å². The molecule has 0 radical (unpaired) electrons. The van der Waals surface area contributed by atoms with E-state index >= 15 is 0 Å². The van der Waals surface area contributed by atoms with Crippen LogP contribution in [0, 0.1) is 0 Å². The number of carbonyl (C=O) groups excluding carboxylic acids is 1. The van der Waals surface area contributed by atoms with Crippen LogP contribution in [-0.4, -0.2) is 55.2 Å². The summed E-state index contributed by atoms with van der Waals surface area (Å²) in [6, 6.07) is 0.0634. The van der Waals surface area contributed by atoms with E-state index < -0.39 is 5.60 Å². The molecule has 0 bridgehead atoms. The van der Waals surface area contributed by atoms with Gasteiger partial charge in [0.15, 0.2) is 17.0 Å². The topological polar surface area (TPSA) is 85.2 Å². The highest BCUT2D eigenvalue weighted by Crippen LogP contribution is 2.24. The molecule has 0 aliphatic carbocycles. The zero-order valence-corrected chi connectivity index (χ0v) is 15.7. The first-order valence-electron chi connectivity index (χ1n) is 8.39. The van der Waals surface area contributed by atoms with Gasteiger partial charge in [-0.05, 0) is 45.7 Å². The second-order valence-corrected chi connectivity index (χ2v) is 7.44. The molecule has 9 heteroatoms. The molecule has 8 nitrogen and oxygen atoms in total. The molecular formula is C16H23ClN6O2. The van der Waals surface area contributed by atoms with Crippen molar-refractivity contribution < 1.29 is 9.53 Å². The van der Waals surface area contributed by atoms with Gasteiger partial charge in [0.05, 0.1) is 6.33 Å². The fourth-order valence-corrected chi connectivity index (χ4v) is 2.98. The third-order valence-corrected chi connectivity index (χ3v) is 4.13. The molecule has 2 aromatic rings. The number of nitrogens with zero attached hydrogens (tertiary/aromatic N) is 5. The van der Waals surface area contributed by atoms with Crippen molar-refractivity contribution in [2.45, 2.75) is 52.3 Å². The fraction of sp³-hybridized carbons (Fsp3) is 0.625. The minimum absolute atomic E-state index is 0.0634. The summed E-state index contributed by atoms with van der Waals surface area (Å²) in [6.07, 6.45) is 2.23. The average Bonchev–Trinajstić information content (AvgIpc) is 3.12. The molecule has 1 N–H and O–H groups in total. The number of hydrogen-bond donors (Lipinski definition) is 1. The van der Waals surface area contributed by atoms with Crippen LogP contribution < -0.4 is 5.32 Å². The highest BCUT2D eigenvalue weighted by molar-refractivity contribution is 6.28. The predicted octanol–water partition coefficient (Wildman–Crippen LogP) is 2.92. The summed E-state index contributed by atoms with van der Waals surface area (Å²) in [5.74, 6) is 0.596. The van der Waals surface area contributed by atoms with Gasteiger partial charge in [-0.2, -0.15) is 9.97 Å². The molecule has 1 aliphatic rings. The van der Waals surface area contributed by atoms with Gasteiger partial charge >= 0.3 is 6.09 Å². The molecule has 1 fully saturated rings. The molecule has 0 spiro atoms. The van der Waals surface area contributed by atoms with Gasteiger partial charge in [-0.3, -0.25) is 0 Å². The Kier molecular flexibility index (Phi) is 4.73. The Morgan fingerprint density at radius 2 is 2.20 bits per heavy atom. The summed E-state index contributed by atoms with van der Waals surface area (Å²) >= 11 is 6.06. The number of fused-ring (bicyclic) bond motifs is 1. The molecule has 2 aromatic heterocycles. The van der Waals surface area contributed by atoms with Gasteiger partial charge in [-0.1, -0.05) is 0 Å². The zero-order chi connectivity index (χ0) is 18.2. The van der Waals surface area contributed by atoms with E-state index in [2.05, 4.69) is 20.3 Å². The lowest BCUT2D eigenvalue weighted by molar-refractivity contribution is 0.0293. The number of rotatable bonds is 3. The number of carbonyl (C=O) groups is 1. The normalized spacial score (nSPS) is 18.0. The molecule has 0 aromatic carbocycles. The van der Waals surface area contributed by atoms with Crippen LogP contribution in [0.3, 0.4) is 0 Å². The number of aryl methyl sites for hydroxylation is 1. The number of aromatic nitrogens is 4. The largest absolute Gasteiger partial charge is 0.444 e. The van der Waals surface area contributed by atoms with Gasteiger partial charge in [0.25, 0.3) is 0 Å². The first-order valence-corrected chi connectivity index (χ1v) is 8.77. The van der Waals surface area contributed by atoms with Crippen molar-refractivity contribution in [2.24, 2.45) is 0 Å². The minimum Gasteiger partial charge on any atom is -0.444 e. The van der Waals surface area contributed by atoms with Crippen LogP contribution in [0.4, 0.5) is 10.6 Å². The minimum atomic E-state index is -0.498. The van der Waals surface area contributed by atoms with Crippen molar-refractivity contribution in [3.8, 4) is 0 Å². The number of nitrogens with one attached hydrogen (secondary N) is 1. The summed E-state index contributed by atoms with van der Waals surface area (Å²) < 4.78 is 7.34. The van der Waals surface area contributed by atoms with Crippen LogP contribution in [0.2, 0.25) is 5.28 Å². The van der Waals surface area contributed by atoms with E-state index in [1.165, 1.54) is 0 Å². The molecule has 3 heterocycles. The third kappa shape index (κ3) is 3.95. The molecule has 25 heavy (non-hydrogen) atoms. The Labute approximate surface area is 151 Å². The smallest absolute Gasteiger partial charge is 0.410 e. The van der Waals surface area contributed by atoms with E-state index in [1.54, 1.807) is 11.2 Å². The number of halogens is 1. The highest BCUT2D eigenvalue weighted by Gasteiger charge is 2.30. The standard InChI is InChI=1S/C16H23ClN6O2/c1-5-22-9-18-11-12(20-14(17)21-13(11)22)19-10-6-7-23(8-10)15(24)25-16(2,3)4/h9-10H,5-8H2,1-4H3,(H,19,20,21)/t10-/m0/s1. The first-order chi connectivity index (χ1) is 11.8. The molecule has 1 saturated heterocycles. The van der Waals surface area contributed by atoms with Gasteiger partial charge in [0, 0.05) is 25.7 Å². The lowest BCUT2D eigenvalue weighted by atomic mass is 10.2. The SMILES string of the molecule is CCn1cnc2c(N[C@H]3CCN(C(=O)OC(C)(C)C)C3)nc(Cl)nc21. The average molecular weight is 367 g/mol. The summed E-state index contributed by atoms with van der Waals surface area (Å²) in [6.45, 7) is 9.53. The predicted molar refractivity (Wildman–Crippen MR) is 95.8 cm³/mol. The third-order valence-electron chi connectivity index (χ3n) is 3.96. The summed E-state index contributed by atoms with van der Waals surface area (Å²) in [4.78, 5) is 26.8. The van der Waals surface area contributed by atoms with Crippen molar-refractivity contribution in [3.63, 3.8) is 0 Å². The fourth-order valence-electron chi connectivity index (χ4n) is 2.81. The van der Waals surface area contributed by atoms with Crippen molar-refractivity contribution in [1.29, 1.82) is 0 Å². The number of amides is 1. The Balaban J connectivity index is 1.73. The van der Waals surface area contributed by atoms with Crippen LogP contribution in [-0.2, 0) is 11.3 Å². The second kappa shape index (κ2) is 6.67. The Bertz CT molecular complexity index is 785. The van der Waals surface area contributed by atoms with Gasteiger partial charge < -0.3 is 19.5 Å². The molecule has 0 saturated carbocycles. The van der Waals surface area contributed by atoms with Gasteiger partial charge in [0.2, 0.25) is 5.28 Å². The molecule has 136 valence electrons. The lowest BCUT2D eigenvalue weighted by Crippen LogP contribution is -2.36. The maximum atomic E-state index is 12.2. The monoisotopic (exact) mass is 366 g/mol. The number of ether oxygens (including phenoxy) is 1. The highest BCUT2D eigenvalue weighted by atomic mass is 35.5. The molecule has 1 aliphatic heterocycles. The first kappa shape index (κ1) is 17.7.